The van der Waals surface area contributed by atoms with Crippen LogP contribution in [0, 0.1) is 11.3 Å². The van der Waals surface area contributed by atoms with Crippen molar-refractivity contribution in [3.05, 3.63) is 58.6 Å². The van der Waals surface area contributed by atoms with Crippen molar-refractivity contribution in [2.45, 2.75) is 0 Å². The van der Waals surface area contributed by atoms with Crippen molar-refractivity contribution in [1.29, 1.82) is 5.26 Å². The van der Waals surface area contributed by atoms with Gasteiger partial charge in [0.2, 0.25) is 0 Å². The third kappa shape index (κ3) is 2.08. The first-order valence-corrected chi connectivity index (χ1v) is 5.35. The number of rotatable bonds is 1. The van der Waals surface area contributed by atoms with E-state index in [9.17, 15) is 0 Å². The lowest BCUT2D eigenvalue weighted by molar-refractivity contribution is 1.46. The zero-order chi connectivity index (χ0) is 10.7. The lowest BCUT2D eigenvalue weighted by Crippen LogP contribution is -1.81. The van der Waals surface area contributed by atoms with Crippen LogP contribution in [-0.2, 0) is 0 Å². The molecule has 2 heteroatoms. The van der Waals surface area contributed by atoms with E-state index in [0.29, 0.717) is 5.56 Å². The largest absolute Gasteiger partial charge is 0.192 e. The van der Waals surface area contributed by atoms with Crippen LogP contribution in [0.2, 0.25) is 0 Å². The fourth-order valence-corrected chi connectivity index (χ4v) is 1.76. The van der Waals surface area contributed by atoms with Crippen LogP contribution in [0.15, 0.2) is 53.0 Å². The third-order valence-corrected chi connectivity index (χ3v) is 2.89. The van der Waals surface area contributed by atoms with Crippen LogP contribution in [0.25, 0.3) is 11.1 Å². The molecule has 0 atom stereocenters. The molecule has 0 saturated heterocycles. The Bertz CT molecular complexity index is 512. The van der Waals surface area contributed by atoms with Crippen molar-refractivity contribution in [3.8, 4) is 17.2 Å². The summed E-state index contributed by atoms with van der Waals surface area (Å²) in [7, 11) is 0. The maximum atomic E-state index is 8.91. The number of hydrogen-bond donors (Lipinski definition) is 0. The maximum absolute atomic E-state index is 8.91. The Morgan fingerprint density at radius 2 is 1.67 bits per heavy atom. The van der Waals surface area contributed by atoms with E-state index in [-0.39, 0.29) is 0 Å². The summed E-state index contributed by atoms with van der Waals surface area (Å²) in [6.45, 7) is 0. The zero-order valence-corrected chi connectivity index (χ0v) is 9.53. The van der Waals surface area contributed by atoms with Gasteiger partial charge in [0, 0.05) is 4.47 Å². The summed E-state index contributed by atoms with van der Waals surface area (Å²) in [5.74, 6) is 0. The molecule has 0 amide bonds. The van der Waals surface area contributed by atoms with Gasteiger partial charge in [-0.2, -0.15) is 5.26 Å². The lowest BCUT2D eigenvalue weighted by Gasteiger charge is -2.02. The molecule has 0 saturated carbocycles. The Labute approximate surface area is 97.1 Å². The van der Waals surface area contributed by atoms with Crippen LogP contribution in [0.4, 0.5) is 0 Å². The zero-order valence-electron chi connectivity index (χ0n) is 7.94. The van der Waals surface area contributed by atoms with E-state index < -0.39 is 0 Å². The van der Waals surface area contributed by atoms with Gasteiger partial charge in [0.25, 0.3) is 0 Å². The first kappa shape index (κ1) is 9.95. The van der Waals surface area contributed by atoms with Crippen molar-refractivity contribution in [2.24, 2.45) is 0 Å². The van der Waals surface area contributed by atoms with E-state index in [1.807, 2.05) is 48.5 Å². The summed E-state index contributed by atoms with van der Waals surface area (Å²) in [5.41, 5.74) is 2.85. The van der Waals surface area contributed by atoms with Crippen LogP contribution < -0.4 is 0 Å². The van der Waals surface area contributed by atoms with E-state index in [1.165, 1.54) is 0 Å². The van der Waals surface area contributed by atoms with Crippen molar-refractivity contribution in [3.63, 3.8) is 0 Å². The highest BCUT2D eigenvalue weighted by atomic mass is 79.9. The molecule has 0 radical (unpaired) electrons. The highest BCUT2D eigenvalue weighted by Crippen LogP contribution is 2.24. The molecule has 2 aromatic rings. The Morgan fingerprint density at radius 3 is 2.33 bits per heavy atom. The molecule has 0 aliphatic carbocycles. The van der Waals surface area contributed by atoms with E-state index in [4.69, 9.17) is 5.26 Å². The van der Waals surface area contributed by atoms with Crippen molar-refractivity contribution < 1.29 is 0 Å². The van der Waals surface area contributed by atoms with Gasteiger partial charge in [-0.15, -0.1) is 0 Å². The van der Waals surface area contributed by atoms with Crippen LogP contribution in [0.1, 0.15) is 5.56 Å². The summed E-state index contributed by atoms with van der Waals surface area (Å²) in [6, 6.07) is 18.0. The number of nitrogens with zero attached hydrogens (tertiary/aromatic N) is 1. The summed E-state index contributed by atoms with van der Waals surface area (Å²) in [4.78, 5) is 0. The van der Waals surface area contributed by atoms with Crippen molar-refractivity contribution in [2.75, 3.05) is 0 Å². The molecule has 1 nitrogen and oxygen atoms in total. The highest BCUT2D eigenvalue weighted by Gasteiger charge is 2.01. The molecule has 0 fully saturated rings. The Kier molecular flexibility index (Phi) is 2.84. The molecule has 0 N–H and O–H groups in total. The second-order valence-electron chi connectivity index (χ2n) is 3.17. The molecule has 0 aromatic heterocycles. The van der Waals surface area contributed by atoms with Gasteiger partial charge in [-0.05, 0) is 39.2 Å². The predicted molar refractivity (Wildman–Crippen MR) is 64.3 cm³/mol. The van der Waals surface area contributed by atoms with E-state index in [1.54, 1.807) is 0 Å². The molecule has 2 aromatic carbocycles. The van der Waals surface area contributed by atoms with E-state index in [2.05, 4.69) is 22.0 Å². The molecule has 0 aliphatic rings. The van der Waals surface area contributed by atoms with Gasteiger partial charge in [0.15, 0.2) is 0 Å². The molecular formula is C13H8BrN. The average Bonchev–Trinajstić information content (AvgIpc) is 2.31. The number of halogens is 1. The maximum Gasteiger partial charge on any atom is 0.100 e. The standard InChI is InChI=1S/C13H8BrN/c14-13-7-6-11(8-12(13)9-15)10-4-2-1-3-5-10/h1-8H. The minimum atomic E-state index is 0.663. The molecular weight excluding hydrogens is 250 g/mol. The second kappa shape index (κ2) is 4.29. The van der Waals surface area contributed by atoms with Crippen LogP contribution in [0.3, 0.4) is 0 Å². The Balaban J connectivity index is 2.52. The molecule has 0 spiro atoms. The van der Waals surface area contributed by atoms with Gasteiger partial charge in [-0.3, -0.25) is 0 Å². The van der Waals surface area contributed by atoms with Crippen LogP contribution >= 0.6 is 15.9 Å². The summed E-state index contributed by atoms with van der Waals surface area (Å²) in [5, 5.41) is 8.91. The van der Waals surface area contributed by atoms with Crippen molar-refractivity contribution >= 4 is 15.9 Å². The third-order valence-electron chi connectivity index (χ3n) is 2.19. The van der Waals surface area contributed by atoms with Gasteiger partial charge in [-0.25, -0.2) is 0 Å². The van der Waals surface area contributed by atoms with Gasteiger partial charge >= 0.3 is 0 Å². The highest BCUT2D eigenvalue weighted by molar-refractivity contribution is 9.10. The first-order chi connectivity index (χ1) is 7.31. The first-order valence-electron chi connectivity index (χ1n) is 4.56. The molecule has 72 valence electrons. The second-order valence-corrected chi connectivity index (χ2v) is 4.03. The summed E-state index contributed by atoms with van der Waals surface area (Å²) in [6.07, 6.45) is 0. The monoisotopic (exact) mass is 257 g/mol. The molecule has 0 aliphatic heterocycles. The Hall–Kier alpha value is -1.59. The number of hydrogen-bond acceptors (Lipinski definition) is 1. The molecule has 2 rings (SSSR count). The average molecular weight is 258 g/mol. The van der Waals surface area contributed by atoms with Gasteiger partial charge in [0.1, 0.15) is 6.07 Å². The van der Waals surface area contributed by atoms with E-state index in [0.717, 1.165) is 15.6 Å². The minimum absolute atomic E-state index is 0.663. The molecule has 0 heterocycles. The SMILES string of the molecule is N#Cc1cc(-c2ccccc2)ccc1Br. The lowest BCUT2D eigenvalue weighted by atomic mass is 10.0. The summed E-state index contributed by atoms with van der Waals surface area (Å²) >= 11 is 3.34. The summed E-state index contributed by atoms with van der Waals surface area (Å²) < 4.78 is 0.838. The minimum Gasteiger partial charge on any atom is -0.192 e. The molecule has 0 unspecified atom stereocenters. The van der Waals surface area contributed by atoms with Gasteiger partial charge in [-0.1, -0.05) is 36.4 Å². The van der Waals surface area contributed by atoms with E-state index >= 15 is 0 Å². The smallest absolute Gasteiger partial charge is 0.100 e. The topological polar surface area (TPSA) is 23.8 Å². The molecule has 15 heavy (non-hydrogen) atoms. The van der Waals surface area contributed by atoms with Crippen LogP contribution in [0.5, 0.6) is 0 Å². The van der Waals surface area contributed by atoms with Gasteiger partial charge in [0.05, 0.1) is 5.56 Å². The Morgan fingerprint density at radius 1 is 0.933 bits per heavy atom. The number of nitriles is 1. The number of benzene rings is 2. The fraction of sp³-hybridized carbons (Fsp3) is 0. The normalized spacial score (nSPS) is 9.60. The predicted octanol–water partition coefficient (Wildman–Crippen LogP) is 3.99. The van der Waals surface area contributed by atoms with Gasteiger partial charge < -0.3 is 0 Å². The van der Waals surface area contributed by atoms with Crippen molar-refractivity contribution in [1.82, 2.24) is 0 Å². The quantitative estimate of drug-likeness (QED) is 0.758. The fourth-order valence-electron chi connectivity index (χ4n) is 1.42. The van der Waals surface area contributed by atoms with Crippen LogP contribution in [-0.4, -0.2) is 0 Å². The molecule has 0 bridgehead atoms.